The van der Waals surface area contributed by atoms with Gasteiger partial charge in [0.2, 0.25) is 11.8 Å². The minimum absolute atomic E-state index is 0.190. The first-order valence-electron chi connectivity index (χ1n) is 6.18. The fourth-order valence-electron chi connectivity index (χ4n) is 2.65. The van der Waals surface area contributed by atoms with Crippen LogP contribution in [0.15, 0.2) is 24.5 Å². The summed E-state index contributed by atoms with van der Waals surface area (Å²) in [5.41, 5.74) is -0.388. The lowest BCUT2D eigenvalue weighted by atomic mass is 9.85. The van der Waals surface area contributed by atoms with Crippen molar-refractivity contribution in [2.24, 2.45) is 11.8 Å². The molecule has 2 amide bonds. The van der Waals surface area contributed by atoms with Gasteiger partial charge in [-0.15, -0.1) is 0 Å². The first kappa shape index (κ1) is 12.5. The molecule has 1 saturated heterocycles. The van der Waals surface area contributed by atoms with Crippen molar-refractivity contribution in [3.05, 3.63) is 30.2 Å². The maximum absolute atomic E-state index is 12.3. The number of hydrogen-bond acceptors (Lipinski definition) is 5. The molecule has 102 valence electrons. The van der Waals surface area contributed by atoms with Crippen LogP contribution in [0.25, 0.3) is 0 Å². The van der Waals surface area contributed by atoms with E-state index >= 15 is 0 Å². The number of aromatic nitrogens is 2. The average Bonchev–Trinajstić information content (AvgIpc) is 2.71. The number of allylic oxidation sites excluding steroid dienone is 2. The summed E-state index contributed by atoms with van der Waals surface area (Å²) in [7, 11) is 0. The molecule has 2 aliphatic rings. The highest BCUT2D eigenvalue weighted by Crippen LogP contribution is 2.37. The van der Waals surface area contributed by atoms with Gasteiger partial charge in [-0.05, 0) is 12.8 Å². The van der Waals surface area contributed by atoms with Crippen molar-refractivity contribution in [3.8, 4) is 0 Å². The Labute approximate surface area is 113 Å². The second-order valence-corrected chi connectivity index (χ2v) is 4.70. The van der Waals surface area contributed by atoms with E-state index in [1.807, 2.05) is 12.2 Å². The molecule has 0 saturated carbocycles. The number of carboxylic acids is 1. The van der Waals surface area contributed by atoms with E-state index in [0.29, 0.717) is 12.8 Å². The predicted octanol–water partition coefficient (Wildman–Crippen LogP) is 0.630. The summed E-state index contributed by atoms with van der Waals surface area (Å²) in [6.45, 7) is 0. The van der Waals surface area contributed by atoms with Crippen molar-refractivity contribution < 1.29 is 19.5 Å². The molecule has 2 heterocycles. The van der Waals surface area contributed by atoms with Gasteiger partial charge in [-0.3, -0.25) is 9.59 Å². The van der Waals surface area contributed by atoms with Gasteiger partial charge in [-0.25, -0.2) is 19.7 Å². The van der Waals surface area contributed by atoms with Gasteiger partial charge in [0.25, 0.3) is 0 Å². The van der Waals surface area contributed by atoms with Gasteiger partial charge in [-0.1, -0.05) is 12.2 Å². The summed E-state index contributed by atoms with van der Waals surface area (Å²) in [6.07, 6.45) is 7.20. The van der Waals surface area contributed by atoms with Crippen LogP contribution in [0.4, 0.5) is 5.82 Å². The third kappa shape index (κ3) is 1.70. The number of amides is 2. The molecule has 20 heavy (non-hydrogen) atoms. The fraction of sp³-hybridized carbons (Fsp3) is 0.308. The first-order valence-corrected chi connectivity index (χ1v) is 6.18. The number of rotatable bonds is 2. The Hall–Kier alpha value is -2.57. The molecule has 7 heteroatoms. The largest absolute Gasteiger partial charge is 0.476 e. The van der Waals surface area contributed by atoms with Crippen molar-refractivity contribution in [1.82, 2.24) is 9.97 Å². The van der Waals surface area contributed by atoms with E-state index < -0.39 is 29.6 Å². The maximum Gasteiger partial charge on any atom is 0.358 e. The summed E-state index contributed by atoms with van der Waals surface area (Å²) < 4.78 is 0. The van der Waals surface area contributed by atoms with Crippen molar-refractivity contribution in [2.45, 2.75) is 12.8 Å². The SMILES string of the molecule is O=C(O)c1nccnc1N1C(=O)C2CC=CCC2C1=O. The van der Waals surface area contributed by atoms with Gasteiger partial charge in [0.15, 0.2) is 11.5 Å². The second kappa shape index (κ2) is 4.52. The third-order valence-corrected chi connectivity index (χ3v) is 3.60. The number of imide groups is 1. The van der Waals surface area contributed by atoms with Crippen LogP contribution in [0.3, 0.4) is 0 Å². The van der Waals surface area contributed by atoms with Crippen LogP contribution in [0.1, 0.15) is 23.3 Å². The minimum Gasteiger partial charge on any atom is -0.476 e. The molecule has 0 aromatic carbocycles. The molecule has 1 aromatic heterocycles. The molecule has 0 spiro atoms. The highest BCUT2D eigenvalue weighted by Gasteiger charge is 2.49. The molecule has 3 rings (SSSR count). The molecular weight excluding hydrogens is 262 g/mol. The number of carbonyl (C=O) groups excluding carboxylic acids is 2. The van der Waals surface area contributed by atoms with E-state index in [4.69, 9.17) is 5.11 Å². The Morgan fingerprint density at radius 1 is 1.10 bits per heavy atom. The van der Waals surface area contributed by atoms with Gasteiger partial charge in [0.05, 0.1) is 11.8 Å². The van der Waals surface area contributed by atoms with Gasteiger partial charge < -0.3 is 5.11 Å². The number of carboxylic acid groups (broad SMARTS) is 1. The maximum atomic E-state index is 12.3. The molecule has 2 unspecified atom stereocenters. The average molecular weight is 273 g/mol. The fourth-order valence-corrected chi connectivity index (χ4v) is 2.65. The summed E-state index contributed by atoms with van der Waals surface area (Å²) in [6, 6.07) is 0. The molecule has 0 bridgehead atoms. The zero-order valence-corrected chi connectivity index (χ0v) is 10.4. The van der Waals surface area contributed by atoms with Crippen molar-refractivity contribution in [1.29, 1.82) is 0 Å². The highest BCUT2D eigenvalue weighted by atomic mass is 16.4. The monoisotopic (exact) mass is 273 g/mol. The van der Waals surface area contributed by atoms with E-state index in [1.165, 1.54) is 12.4 Å². The molecule has 1 aliphatic heterocycles. The van der Waals surface area contributed by atoms with Crippen LogP contribution in [0.2, 0.25) is 0 Å². The quantitative estimate of drug-likeness (QED) is 0.626. The van der Waals surface area contributed by atoms with E-state index in [2.05, 4.69) is 9.97 Å². The van der Waals surface area contributed by atoms with Crippen LogP contribution < -0.4 is 4.90 Å². The van der Waals surface area contributed by atoms with Crippen LogP contribution in [0, 0.1) is 11.8 Å². The lowest BCUT2D eigenvalue weighted by molar-refractivity contribution is -0.122. The first-order chi connectivity index (χ1) is 9.61. The smallest absolute Gasteiger partial charge is 0.358 e. The van der Waals surface area contributed by atoms with Crippen LogP contribution in [-0.4, -0.2) is 32.9 Å². The van der Waals surface area contributed by atoms with Crippen molar-refractivity contribution in [2.75, 3.05) is 4.90 Å². The Kier molecular flexibility index (Phi) is 2.81. The lowest BCUT2D eigenvalue weighted by Crippen LogP contribution is -2.33. The predicted molar refractivity (Wildman–Crippen MR) is 66.8 cm³/mol. The number of nitrogens with zero attached hydrogens (tertiary/aromatic N) is 3. The van der Waals surface area contributed by atoms with Crippen LogP contribution >= 0.6 is 0 Å². The number of hydrogen-bond donors (Lipinski definition) is 1. The van der Waals surface area contributed by atoms with Crippen LogP contribution in [-0.2, 0) is 9.59 Å². The van der Waals surface area contributed by atoms with E-state index in [1.54, 1.807) is 0 Å². The second-order valence-electron chi connectivity index (χ2n) is 4.70. The standard InChI is InChI=1S/C13H11N3O4/c17-11-7-3-1-2-4-8(7)12(18)16(11)10-9(13(19)20)14-5-6-15-10/h1-2,5-8H,3-4H2,(H,19,20). The topological polar surface area (TPSA) is 100 Å². The molecule has 7 nitrogen and oxygen atoms in total. The zero-order valence-electron chi connectivity index (χ0n) is 10.4. The molecule has 0 radical (unpaired) electrons. The minimum atomic E-state index is -1.32. The van der Waals surface area contributed by atoms with Gasteiger partial charge in [0.1, 0.15) is 0 Å². The van der Waals surface area contributed by atoms with Gasteiger partial charge in [0, 0.05) is 12.4 Å². The normalized spacial score (nSPS) is 24.9. The number of aromatic carboxylic acids is 1. The molecule has 1 aromatic rings. The summed E-state index contributed by atoms with van der Waals surface area (Å²) in [4.78, 5) is 44.2. The summed E-state index contributed by atoms with van der Waals surface area (Å²) in [5.74, 6) is -3.14. The Morgan fingerprint density at radius 2 is 1.65 bits per heavy atom. The van der Waals surface area contributed by atoms with E-state index in [0.717, 1.165) is 4.90 Å². The van der Waals surface area contributed by atoms with Gasteiger partial charge >= 0.3 is 5.97 Å². The number of anilines is 1. The third-order valence-electron chi connectivity index (χ3n) is 3.60. The molecule has 1 aliphatic carbocycles. The van der Waals surface area contributed by atoms with Crippen molar-refractivity contribution >= 4 is 23.6 Å². The zero-order chi connectivity index (χ0) is 14.3. The number of carbonyl (C=O) groups is 3. The number of fused-ring (bicyclic) bond motifs is 1. The summed E-state index contributed by atoms with van der Waals surface area (Å²) >= 11 is 0. The highest BCUT2D eigenvalue weighted by molar-refractivity contribution is 6.23. The molecule has 1 N–H and O–H groups in total. The molecule has 1 fully saturated rings. The molecule has 2 atom stereocenters. The summed E-state index contributed by atoms with van der Waals surface area (Å²) in [5, 5.41) is 9.09. The molecular formula is C13H11N3O4. The van der Waals surface area contributed by atoms with E-state index in [-0.39, 0.29) is 11.5 Å². The van der Waals surface area contributed by atoms with E-state index in [9.17, 15) is 14.4 Å². The Morgan fingerprint density at radius 3 is 2.20 bits per heavy atom. The van der Waals surface area contributed by atoms with Crippen LogP contribution in [0.5, 0.6) is 0 Å². The van der Waals surface area contributed by atoms with Crippen molar-refractivity contribution in [3.63, 3.8) is 0 Å². The lowest BCUT2D eigenvalue weighted by Gasteiger charge is -2.14. The van der Waals surface area contributed by atoms with Gasteiger partial charge in [-0.2, -0.15) is 0 Å². The Bertz CT molecular complexity index is 614. The Balaban J connectivity index is 2.06.